The van der Waals surface area contributed by atoms with E-state index in [1.165, 1.54) is 31.4 Å². The number of phenols is 1. The Morgan fingerprint density at radius 1 is 1.00 bits per heavy atom. The highest BCUT2D eigenvalue weighted by molar-refractivity contribution is 7.87. The van der Waals surface area contributed by atoms with Crippen LogP contribution in [0.5, 0.6) is 17.2 Å². The van der Waals surface area contributed by atoms with Crippen molar-refractivity contribution in [3.05, 3.63) is 89.2 Å². The molecule has 3 aromatic rings. The molecule has 30 heavy (non-hydrogen) atoms. The number of fused-ring (bicyclic) bond motifs is 1. The number of aromatic hydroxyl groups is 1. The lowest BCUT2D eigenvalue weighted by Crippen LogP contribution is -2.13. The number of hydrogen-bond acceptors (Lipinski definition) is 6. The number of ether oxygens (including phenoxy) is 2. The van der Waals surface area contributed by atoms with Gasteiger partial charge in [0.15, 0.2) is 5.76 Å². The lowest BCUT2D eigenvalue weighted by molar-refractivity contribution is 0.264. The van der Waals surface area contributed by atoms with Crippen molar-refractivity contribution < 1.29 is 27.2 Å². The van der Waals surface area contributed by atoms with Crippen molar-refractivity contribution >= 4 is 15.9 Å². The molecule has 0 unspecified atom stereocenters. The smallest absolute Gasteiger partial charge is 0.339 e. The topological polar surface area (TPSA) is 82.1 Å². The van der Waals surface area contributed by atoms with Gasteiger partial charge < -0.3 is 18.8 Å². The molecule has 0 spiro atoms. The Labute approximate surface area is 175 Å². The van der Waals surface area contributed by atoms with Crippen LogP contribution in [0.1, 0.15) is 16.7 Å². The Kier molecular flexibility index (Phi) is 5.13. The summed E-state index contributed by atoms with van der Waals surface area (Å²) in [6.07, 6.45) is 0.298. The number of benzene rings is 3. The van der Waals surface area contributed by atoms with Gasteiger partial charge in [0.05, 0.1) is 7.11 Å². The molecule has 1 N–H and O–H groups in total. The Morgan fingerprint density at radius 2 is 1.70 bits per heavy atom. The van der Waals surface area contributed by atoms with E-state index in [1.807, 2.05) is 37.3 Å². The number of allylic oxidation sites excluding steroid dienone is 1. The van der Waals surface area contributed by atoms with Crippen molar-refractivity contribution in [2.75, 3.05) is 7.11 Å². The van der Waals surface area contributed by atoms with Crippen LogP contribution in [-0.2, 0) is 21.3 Å². The maximum Gasteiger partial charge on any atom is 0.339 e. The van der Waals surface area contributed by atoms with E-state index in [0.29, 0.717) is 29.3 Å². The second-order valence-electron chi connectivity index (χ2n) is 6.87. The van der Waals surface area contributed by atoms with Gasteiger partial charge >= 0.3 is 10.1 Å². The van der Waals surface area contributed by atoms with Gasteiger partial charge in [-0.25, -0.2) is 0 Å². The molecular formula is C23H20O6S. The molecule has 0 saturated heterocycles. The summed E-state index contributed by atoms with van der Waals surface area (Å²) in [6.45, 7) is 1.86. The molecule has 0 aromatic heterocycles. The molecule has 1 heterocycles. The molecule has 0 fully saturated rings. The van der Waals surface area contributed by atoms with Gasteiger partial charge in [0.25, 0.3) is 0 Å². The summed E-state index contributed by atoms with van der Waals surface area (Å²) in [5, 5.41) is 10.5. The molecule has 6 nitrogen and oxygen atoms in total. The van der Waals surface area contributed by atoms with Crippen LogP contribution < -0.4 is 8.92 Å². The third kappa shape index (κ3) is 3.84. The van der Waals surface area contributed by atoms with Crippen LogP contribution in [0.15, 0.2) is 77.4 Å². The summed E-state index contributed by atoms with van der Waals surface area (Å²) in [7, 11) is -2.52. The van der Waals surface area contributed by atoms with E-state index < -0.39 is 10.1 Å². The molecular weight excluding hydrogens is 404 g/mol. The lowest BCUT2D eigenvalue weighted by Gasteiger charge is -2.24. The Morgan fingerprint density at radius 3 is 2.37 bits per heavy atom. The van der Waals surface area contributed by atoms with E-state index in [4.69, 9.17) is 13.7 Å². The van der Waals surface area contributed by atoms with Crippen LogP contribution in [0.2, 0.25) is 0 Å². The quantitative estimate of drug-likeness (QED) is 0.611. The molecule has 0 radical (unpaired) electrons. The van der Waals surface area contributed by atoms with Crippen molar-refractivity contribution in [2.24, 2.45) is 0 Å². The van der Waals surface area contributed by atoms with Crippen molar-refractivity contribution in [3.63, 3.8) is 0 Å². The summed E-state index contributed by atoms with van der Waals surface area (Å²) in [5.74, 6) is 1.20. The monoisotopic (exact) mass is 424 g/mol. The van der Waals surface area contributed by atoms with E-state index >= 15 is 0 Å². The first-order valence-corrected chi connectivity index (χ1v) is 10.7. The summed E-state index contributed by atoms with van der Waals surface area (Å²) in [4.78, 5) is 0.0257. The minimum absolute atomic E-state index is 0.0257. The van der Waals surface area contributed by atoms with Gasteiger partial charge in [0, 0.05) is 29.7 Å². The fraction of sp³-hybridized carbons (Fsp3) is 0.130. The molecule has 0 aliphatic carbocycles. The predicted molar refractivity (Wildman–Crippen MR) is 112 cm³/mol. The van der Waals surface area contributed by atoms with Crippen LogP contribution in [0, 0.1) is 6.92 Å². The third-order valence-electron chi connectivity index (χ3n) is 4.76. The predicted octanol–water partition coefficient (Wildman–Crippen LogP) is 4.42. The molecule has 3 aromatic carbocycles. The van der Waals surface area contributed by atoms with Gasteiger partial charge in [0.2, 0.25) is 0 Å². The minimum atomic E-state index is -4.06. The van der Waals surface area contributed by atoms with Crippen LogP contribution in [0.4, 0.5) is 0 Å². The molecule has 154 valence electrons. The van der Waals surface area contributed by atoms with Crippen LogP contribution >= 0.6 is 0 Å². The SMILES string of the molecule is COC1=C(c2ccccc2)Oc2cc(OS(=O)(=O)c3ccc(C)cc3)cc(O)c2C1. The van der Waals surface area contributed by atoms with Crippen molar-refractivity contribution in [1.82, 2.24) is 0 Å². The molecule has 0 atom stereocenters. The first kappa shape index (κ1) is 19.8. The standard InChI is InChI=1S/C23H20O6S/c1-15-8-10-18(11-9-15)30(25,26)29-17-12-20(24)19-14-22(27-2)23(28-21(19)13-17)16-6-4-3-5-7-16/h3-13,24H,14H2,1-2H3. The summed E-state index contributed by atoms with van der Waals surface area (Å²) < 4.78 is 41.9. The average Bonchev–Trinajstić information content (AvgIpc) is 2.73. The molecule has 0 amide bonds. The van der Waals surface area contributed by atoms with Crippen LogP contribution in [-0.4, -0.2) is 20.6 Å². The fourth-order valence-corrected chi connectivity index (χ4v) is 4.10. The van der Waals surface area contributed by atoms with Gasteiger partial charge in [-0.3, -0.25) is 0 Å². The van der Waals surface area contributed by atoms with Crippen molar-refractivity contribution in [2.45, 2.75) is 18.2 Å². The second kappa shape index (κ2) is 7.76. The molecule has 0 bridgehead atoms. The lowest BCUT2D eigenvalue weighted by atomic mass is 10.0. The normalized spacial score (nSPS) is 13.4. The summed E-state index contributed by atoms with van der Waals surface area (Å²) in [5.41, 5.74) is 2.23. The van der Waals surface area contributed by atoms with Crippen molar-refractivity contribution in [1.29, 1.82) is 0 Å². The molecule has 7 heteroatoms. The molecule has 4 rings (SSSR count). The van der Waals surface area contributed by atoms with Crippen molar-refractivity contribution in [3.8, 4) is 17.2 Å². The zero-order chi connectivity index (χ0) is 21.3. The van der Waals surface area contributed by atoms with E-state index in [-0.39, 0.29) is 16.4 Å². The Balaban J connectivity index is 1.68. The van der Waals surface area contributed by atoms with Gasteiger partial charge in [-0.15, -0.1) is 0 Å². The maximum absolute atomic E-state index is 12.6. The minimum Gasteiger partial charge on any atom is -0.507 e. The Bertz CT molecular complexity index is 1210. The van der Waals surface area contributed by atoms with Gasteiger partial charge in [-0.05, 0) is 19.1 Å². The summed E-state index contributed by atoms with van der Waals surface area (Å²) in [6, 6.07) is 18.4. The second-order valence-corrected chi connectivity index (χ2v) is 8.42. The average molecular weight is 424 g/mol. The van der Waals surface area contributed by atoms with Gasteiger partial charge in [-0.2, -0.15) is 8.42 Å². The first-order valence-electron chi connectivity index (χ1n) is 9.25. The fourth-order valence-electron chi connectivity index (χ4n) is 3.18. The van der Waals surface area contributed by atoms with Gasteiger partial charge in [-0.1, -0.05) is 48.0 Å². The number of hydrogen-bond donors (Lipinski definition) is 1. The van der Waals surface area contributed by atoms with Crippen LogP contribution in [0.3, 0.4) is 0 Å². The maximum atomic E-state index is 12.6. The summed E-state index contributed by atoms with van der Waals surface area (Å²) >= 11 is 0. The van der Waals surface area contributed by atoms with E-state index in [1.54, 1.807) is 12.1 Å². The van der Waals surface area contributed by atoms with Crippen LogP contribution in [0.25, 0.3) is 5.76 Å². The first-order chi connectivity index (χ1) is 14.4. The molecule has 1 aliphatic heterocycles. The third-order valence-corrected chi connectivity index (χ3v) is 6.02. The van der Waals surface area contributed by atoms with E-state index in [2.05, 4.69) is 0 Å². The Hall–Kier alpha value is -3.45. The number of rotatable bonds is 5. The number of methoxy groups -OCH3 is 1. The zero-order valence-corrected chi connectivity index (χ0v) is 17.3. The zero-order valence-electron chi connectivity index (χ0n) is 16.5. The molecule has 1 aliphatic rings. The van der Waals surface area contributed by atoms with E-state index in [0.717, 1.165) is 11.1 Å². The molecule has 0 saturated carbocycles. The highest BCUT2D eigenvalue weighted by atomic mass is 32.2. The number of aryl methyl sites for hydroxylation is 1. The highest BCUT2D eigenvalue weighted by Gasteiger charge is 2.27. The van der Waals surface area contributed by atoms with E-state index in [9.17, 15) is 13.5 Å². The largest absolute Gasteiger partial charge is 0.507 e. The van der Waals surface area contributed by atoms with Gasteiger partial charge in [0.1, 0.15) is 27.9 Å². The number of phenolic OH excluding ortho intramolecular Hbond substituents is 1. The highest BCUT2D eigenvalue weighted by Crippen LogP contribution is 2.42.